The summed E-state index contributed by atoms with van der Waals surface area (Å²) in [5.74, 6) is -0.332. The maximum atomic E-state index is 12.9. The number of carbonyl (C=O) groups is 3. The van der Waals surface area contributed by atoms with Crippen LogP contribution in [0.3, 0.4) is 0 Å². The smallest absolute Gasteiger partial charge is 0.294 e. The van der Waals surface area contributed by atoms with Gasteiger partial charge in [-0.25, -0.2) is 0 Å². The molecule has 0 aliphatic carbocycles. The Morgan fingerprint density at radius 3 is 2.63 bits per heavy atom. The zero-order valence-electron chi connectivity index (χ0n) is 19.2. The molecule has 1 aliphatic rings. The minimum Gasteiger partial charge on any atom is -0.489 e. The minimum absolute atomic E-state index is 0.248. The number of hydrogen-bond acceptors (Lipinski definition) is 5. The number of amides is 3. The lowest BCUT2D eigenvalue weighted by molar-refractivity contribution is -0.127. The second kappa shape index (κ2) is 10.8. The number of nitrogens with one attached hydrogen (secondary N) is 1. The number of rotatable bonds is 7. The summed E-state index contributed by atoms with van der Waals surface area (Å²) in [6, 6.07) is 20.2. The summed E-state index contributed by atoms with van der Waals surface area (Å²) in [6.45, 7) is 3.80. The summed E-state index contributed by atoms with van der Waals surface area (Å²) < 4.78 is 5.84. The number of carbonyl (C=O) groups excluding carboxylic acids is 3. The van der Waals surface area contributed by atoms with E-state index in [1.807, 2.05) is 50.2 Å². The third kappa shape index (κ3) is 5.93. The van der Waals surface area contributed by atoms with Gasteiger partial charge in [-0.3, -0.25) is 19.3 Å². The standard InChI is InChI=1S/C27H23ClN2O4S/c1-17-7-5-12-23(18(17)2)29-25(31)15-30-26(32)24(35-27(30)33)14-19-8-6-10-21(13-19)34-16-20-9-3-4-11-22(20)28/h3-14H,15-16H2,1-2H3,(H,29,31)/b24-14+. The fourth-order valence-corrected chi connectivity index (χ4v) is 4.51. The van der Waals surface area contributed by atoms with E-state index in [4.69, 9.17) is 16.3 Å². The number of halogens is 1. The number of benzene rings is 3. The van der Waals surface area contributed by atoms with Crippen LogP contribution in [0, 0.1) is 13.8 Å². The Bertz CT molecular complexity index is 1340. The molecule has 0 atom stereocenters. The van der Waals surface area contributed by atoms with Gasteiger partial charge in [0, 0.05) is 16.3 Å². The molecule has 0 radical (unpaired) electrons. The normalized spacial score (nSPS) is 14.5. The average Bonchev–Trinajstić information content (AvgIpc) is 3.09. The molecular formula is C27H23ClN2O4S. The predicted octanol–water partition coefficient (Wildman–Crippen LogP) is 6.21. The maximum Gasteiger partial charge on any atom is 0.294 e. The van der Waals surface area contributed by atoms with E-state index in [-0.39, 0.29) is 11.4 Å². The van der Waals surface area contributed by atoms with Crippen molar-refractivity contribution in [3.05, 3.63) is 98.9 Å². The van der Waals surface area contributed by atoms with E-state index in [9.17, 15) is 14.4 Å². The molecule has 0 spiro atoms. The molecule has 1 heterocycles. The number of aryl methyl sites for hydroxylation is 1. The molecule has 1 saturated heterocycles. The third-order valence-corrected chi connectivity index (χ3v) is 6.84. The predicted molar refractivity (Wildman–Crippen MR) is 139 cm³/mol. The molecule has 0 saturated carbocycles. The van der Waals surface area contributed by atoms with Gasteiger partial charge < -0.3 is 10.1 Å². The van der Waals surface area contributed by atoms with Crippen LogP contribution in [0.5, 0.6) is 5.75 Å². The van der Waals surface area contributed by atoms with E-state index in [0.29, 0.717) is 28.6 Å². The summed E-state index contributed by atoms with van der Waals surface area (Å²) in [6.07, 6.45) is 1.62. The second-order valence-electron chi connectivity index (χ2n) is 8.02. The molecule has 0 aromatic heterocycles. The molecule has 3 amide bonds. The first kappa shape index (κ1) is 24.6. The van der Waals surface area contributed by atoms with Crippen molar-refractivity contribution >= 4 is 52.2 Å². The number of nitrogens with zero attached hydrogens (tertiary/aromatic N) is 1. The highest BCUT2D eigenvalue weighted by molar-refractivity contribution is 8.18. The first-order valence-electron chi connectivity index (χ1n) is 10.9. The Kier molecular flexibility index (Phi) is 7.58. The fourth-order valence-electron chi connectivity index (χ4n) is 3.48. The summed E-state index contributed by atoms with van der Waals surface area (Å²) in [4.78, 5) is 39.0. The number of anilines is 1. The van der Waals surface area contributed by atoms with Crippen molar-refractivity contribution in [2.24, 2.45) is 0 Å². The van der Waals surface area contributed by atoms with Crippen molar-refractivity contribution in [3.8, 4) is 5.75 Å². The SMILES string of the molecule is Cc1cccc(NC(=O)CN2C(=O)S/C(=C/c3cccc(OCc4ccccc4Cl)c3)C2=O)c1C. The van der Waals surface area contributed by atoms with Gasteiger partial charge in [-0.15, -0.1) is 0 Å². The summed E-state index contributed by atoms with van der Waals surface area (Å²) in [7, 11) is 0. The molecule has 1 N–H and O–H groups in total. The Morgan fingerprint density at radius 2 is 1.83 bits per heavy atom. The van der Waals surface area contributed by atoms with E-state index in [2.05, 4.69) is 5.32 Å². The first-order chi connectivity index (χ1) is 16.8. The van der Waals surface area contributed by atoms with Crippen LogP contribution in [0.2, 0.25) is 5.02 Å². The van der Waals surface area contributed by atoms with Crippen molar-refractivity contribution in [2.75, 3.05) is 11.9 Å². The molecule has 3 aromatic carbocycles. The van der Waals surface area contributed by atoms with Crippen LogP contribution in [-0.4, -0.2) is 28.5 Å². The van der Waals surface area contributed by atoms with Gasteiger partial charge in [-0.1, -0.05) is 54.1 Å². The highest BCUT2D eigenvalue weighted by Gasteiger charge is 2.36. The van der Waals surface area contributed by atoms with E-state index in [0.717, 1.165) is 33.4 Å². The zero-order chi connectivity index (χ0) is 24.9. The van der Waals surface area contributed by atoms with Gasteiger partial charge in [0.15, 0.2) is 0 Å². The first-order valence-corrected chi connectivity index (χ1v) is 12.1. The molecular weight excluding hydrogens is 484 g/mol. The van der Waals surface area contributed by atoms with Crippen LogP contribution >= 0.6 is 23.4 Å². The molecule has 35 heavy (non-hydrogen) atoms. The van der Waals surface area contributed by atoms with Crippen LogP contribution < -0.4 is 10.1 Å². The highest BCUT2D eigenvalue weighted by atomic mass is 35.5. The van der Waals surface area contributed by atoms with Gasteiger partial charge in [0.1, 0.15) is 18.9 Å². The Morgan fingerprint density at radius 1 is 1.06 bits per heavy atom. The molecule has 8 heteroatoms. The lowest BCUT2D eigenvalue weighted by Crippen LogP contribution is -2.36. The van der Waals surface area contributed by atoms with Crippen molar-refractivity contribution < 1.29 is 19.1 Å². The number of ether oxygens (including phenoxy) is 1. The Labute approximate surface area is 212 Å². The molecule has 178 valence electrons. The largest absolute Gasteiger partial charge is 0.489 e. The van der Waals surface area contributed by atoms with Gasteiger partial charge in [-0.2, -0.15) is 0 Å². The molecule has 1 fully saturated rings. The van der Waals surface area contributed by atoms with Crippen LogP contribution in [0.25, 0.3) is 6.08 Å². The molecule has 6 nitrogen and oxygen atoms in total. The molecule has 0 unspecified atom stereocenters. The number of hydrogen-bond donors (Lipinski definition) is 1. The monoisotopic (exact) mass is 506 g/mol. The van der Waals surface area contributed by atoms with E-state index >= 15 is 0 Å². The topological polar surface area (TPSA) is 75.7 Å². The van der Waals surface area contributed by atoms with Gasteiger partial charge in [-0.05, 0) is 72.6 Å². The molecule has 3 aromatic rings. The number of imide groups is 1. The van der Waals surface area contributed by atoms with E-state index in [1.54, 1.807) is 36.4 Å². The van der Waals surface area contributed by atoms with Gasteiger partial charge >= 0.3 is 0 Å². The third-order valence-electron chi connectivity index (χ3n) is 5.56. The summed E-state index contributed by atoms with van der Waals surface area (Å²) in [5.41, 5.74) is 4.19. The number of thioether (sulfide) groups is 1. The quantitative estimate of drug-likeness (QED) is 0.385. The zero-order valence-corrected chi connectivity index (χ0v) is 20.8. The van der Waals surface area contributed by atoms with E-state index < -0.39 is 17.1 Å². The fraction of sp³-hybridized carbons (Fsp3) is 0.148. The lowest BCUT2D eigenvalue weighted by atomic mass is 10.1. The van der Waals surface area contributed by atoms with Gasteiger partial charge in [0.25, 0.3) is 11.1 Å². The van der Waals surface area contributed by atoms with Crippen LogP contribution in [0.1, 0.15) is 22.3 Å². The molecule has 1 aliphatic heterocycles. The minimum atomic E-state index is -0.501. The maximum absolute atomic E-state index is 12.9. The van der Waals surface area contributed by atoms with Crippen molar-refractivity contribution in [2.45, 2.75) is 20.5 Å². The molecule has 4 rings (SSSR count). The van der Waals surface area contributed by atoms with Crippen LogP contribution in [0.15, 0.2) is 71.6 Å². The second-order valence-corrected chi connectivity index (χ2v) is 9.42. The molecule has 0 bridgehead atoms. The lowest BCUT2D eigenvalue weighted by Gasteiger charge is -2.14. The van der Waals surface area contributed by atoms with Crippen molar-refractivity contribution in [1.29, 1.82) is 0 Å². The van der Waals surface area contributed by atoms with Crippen LogP contribution in [0.4, 0.5) is 10.5 Å². The van der Waals surface area contributed by atoms with Crippen LogP contribution in [-0.2, 0) is 16.2 Å². The van der Waals surface area contributed by atoms with Gasteiger partial charge in [0.2, 0.25) is 5.91 Å². The van der Waals surface area contributed by atoms with Crippen molar-refractivity contribution in [1.82, 2.24) is 4.90 Å². The van der Waals surface area contributed by atoms with E-state index in [1.165, 1.54) is 0 Å². The Balaban J connectivity index is 1.42. The highest BCUT2D eigenvalue weighted by Crippen LogP contribution is 2.33. The average molecular weight is 507 g/mol. The van der Waals surface area contributed by atoms with Crippen molar-refractivity contribution in [3.63, 3.8) is 0 Å². The summed E-state index contributed by atoms with van der Waals surface area (Å²) in [5, 5.41) is 2.92. The summed E-state index contributed by atoms with van der Waals surface area (Å²) >= 11 is 6.99. The Hall–Kier alpha value is -3.55. The van der Waals surface area contributed by atoms with Gasteiger partial charge in [0.05, 0.1) is 4.91 Å².